The van der Waals surface area contributed by atoms with E-state index in [9.17, 15) is 14.6 Å². The number of rotatable bonds is 4. The molecule has 0 radical (unpaired) electrons. The van der Waals surface area contributed by atoms with E-state index in [1.807, 2.05) is 11.8 Å². The first kappa shape index (κ1) is 20.3. The molecule has 0 saturated heterocycles. The van der Waals surface area contributed by atoms with Crippen LogP contribution in [-0.4, -0.2) is 69.7 Å². The number of nitrogens with one attached hydrogen (secondary N) is 1. The van der Waals surface area contributed by atoms with Crippen molar-refractivity contribution in [1.29, 1.82) is 0 Å². The molecule has 2 aliphatic heterocycles. The van der Waals surface area contributed by atoms with Crippen molar-refractivity contribution in [3.05, 3.63) is 34.5 Å². The molecule has 3 aliphatic rings. The van der Waals surface area contributed by atoms with Gasteiger partial charge in [0.1, 0.15) is 30.5 Å². The van der Waals surface area contributed by atoms with Crippen LogP contribution in [0.15, 0.2) is 6.33 Å². The molecule has 10 heteroatoms. The zero-order valence-electron chi connectivity index (χ0n) is 17.5. The fraction of sp³-hybridized carbons (Fsp3) is 0.571. The van der Waals surface area contributed by atoms with Gasteiger partial charge in [0.15, 0.2) is 5.82 Å². The summed E-state index contributed by atoms with van der Waals surface area (Å²) in [4.78, 5) is 14.9. The molecule has 3 N–H and O–H groups in total. The highest BCUT2D eigenvalue weighted by Crippen LogP contribution is 2.38. The van der Waals surface area contributed by atoms with Gasteiger partial charge in [0, 0.05) is 41.9 Å². The van der Waals surface area contributed by atoms with Gasteiger partial charge in [-0.15, -0.1) is 0 Å². The smallest absolute Gasteiger partial charge is 0.253 e. The van der Waals surface area contributed by atoms with Crippen LogP contribution in [0.1, 0.15) is 28.8 Å². The summed E-state index contributed by atoms with van der Waals surface area (Å²) in [7, 11) is 1.36. The molecule has 166 valence electrons. The quantitative estimate of drug-likeness (QED) is 0.628. The van der Waals surface area contributed by atoms with Crippen LogP contribution in [-0.2, 0) is 19.4 Å². The summed E-state index contributed by atoms with van der Waals surface area (Å²) in [6, 6.07) is -0.355. The zero-order chi connectivity index (χ0) is 21.7. The SMILES string of the molecule is COc1nc(O[C@H]2C[C@@H](N3CCc4c(C)ncnc43)[C@H](O)[C@@H]2O)c2c(c1F)CCNC2. The van der Waals surface area contributed by atoms with Gasteiger partial charge in [-0.25, -0.2) is 14.4 Å². The molecule has 1 fully saturated rings. The Labute approximate surface area is 179 Å². The molecule has 31 heavy (non-hydrogen) atoms. The first-order chi connectivity index (χ1) is 15.0. The standard InChI is InChI=1S/C21H26FN5O4/c1-10-11-4-6-27(19(11)25-9-24-10)14-7-15(18(29)17(14)28)31-20-13-8-23-5-3-12(13)16(22)21(26-20)30-2/h9,14-15,17-18,23,28-29H,3-8H2,1-2H3/t14-,15+,17+,18-/m1/s1. The maximum absolute atomic E-state index is 14.6. The minimum Gasteiger partial charge on any atom is -0.479 e. The monoisotopic (exact) mass is 431 g/mol. The highest BCUT2D eigenvalue weighted by atomic mass is 19.1. The van der Waals surface area contributed by atoms with Crippen LogP contribution in [0.25, 0.3) is 0 Å². The lowest BCUT2D eigenvalue weighted by Crippen LogP contribution is -2.43. The van der Waals surface area contributed by atoms with E-state index in [2.05, 4.69) is 20.3 Å². The number of hydrogen-bond donors (Lipinski definition) is 3. The van der Waals surface area contributed by atoms with Gasteiger partial charge in [-0.05, 0) is 26.3 Å². The normalized spacial score (nSPS) is 27.2. The summed E-state index contributed by atoms with van der Waals surface area (Å²) in [5.74, 6) is 0.436. The number of fused-ring (bicyclic) bond motifs is 2. The fourth-order valence-corrected chi connectivity index (χ4v) is 4.93. The van der Waals surface area contributed by atoms with Crippen LogP contribution in [0, 0.1) is 12.7 Å². The summed E-state index contributed by atoms with van der Waals surface area (Å²) in [6.07, 6.45) is 0.382. The third-order valence-electron chi connectivity index (χ3n) is 6.60. The molecular formula is C21H26FN5O4. The molecule has 4 heterocycles. The van der Waals surface area contributed by atoms with E-state index in [0.29, 0.717) is 43.6 Å². The first-order valence-corrected chi connectivity index (χ1v) is 10.6. The molecule has 1 aliphatic carbocycles. The predicted molar refractivity (Wildman–Crippen MR) is 109 cm³/mol. The molecule has 0 unspecified atom stereocenters. The predicted octanol–water partition coefficient (Wildman–Crippen LogP) is 0.278. The summed E-state index contributed by atoms with van der Waals surface area (Å²) in [5.41, 5.74) is 3.14. The number of pyridine rings is 1. The molecule has 9 nitrogen and oxygen atoms in total. The number of aryl methyl sites for hydroxylation is 1. The molecule has 5 rings (SSSR count). The summed E-state index contributed by atoms with van der Waals surface area (Å²) < 4.78 is 25.8. The Balaban J connectivity index is 1.42. The Hall–Kier alpha value is -2.56. The molecule has 4 atom stereocenters. The van der Waals surface area contributed by atoms with E-state index in [1.54, 1.807) is 0 Å². The first-order valence-electron chi connectivity index (χ1n) is 10.6. The van der Waals surface area contributed by atoms with Crippen LogP contribution < -0.4 is 19.7 Å². The molecular weight excluding hydrogens is 405 g/mol. The molecule has 0 bridgehead atoms. The van der Waals surface area contributed by atoms with E-state index >= 15 is 0 Å². The second kappa shape index (κ2) is 7.85. The topological polar surface area (TPSA) is 113 Å². The summed E-state index contributed by atoms with van der Waals surface area (Å²) >= 11 is 0. The maximum Gasteiger partial charge on any atom is 0.253 e. The van der Waals surface area contributed by atoms with Crippen molar-refractivity contribution in [2.24, 2.45) is 0 Å². The number of nitrogens with zero attached hydrogens (tertiary/aromatic N) is 4. The molecule has 2 aromatic heterocycles. The van der Waals surface area contributed by atoms with Crippen LogP contribution in [0.5, 0.6) is 11.8 Å². The molecule has 0 spiro atoms. The number of aliphatic hydroxyl groups excluding tert-OH is 2. The number of methoxy groups -OCH3 is 1. The Bertz CT molecular complexity index is 1010. The van der Waals surface area contributed by atoms with Crippen LogP contribution in [0.2, 0.25) is 0 Å². The van der Waals surface area contributed by atoms with Gasteiger partial charge in [-0.3, -0.25) is 0 Å². The van der Waals surface area contributed by atoms with Gasteiger partial charge in [0.2, 0.25) is 5.88 Å². The van der Waals surface area contributed by atoms with E-state index in [0.717, 1.165) is 23.5 Å². The van der Waals surface area contributed by atoms with Crippen molar-refractivity contribution in [2.75, 3.05) is 25.1 Å². The van der Waals surface area contributed by atoms with Crippen molar-refractivity contribution >= 4 is 5.82 Å². The van der Waals surface area contributed by atoms with Crippen LogP contribution >= 0.6 is 0 Å². The van der Waals surface area contributed by atoms with E-state index < -0.39 is 24.1 Å². The second-order valence-corrected chi connectivity index (χ2v) is 8.27. The average molecular weight is 431 g/mol. The Morgan fingerprint density at radius 3 is 2.77 bits per heavy atom. The van der Waals surface area contributed by atoms with E-state index in [-0.39, 0.29) is 17.8 Å². The summed E-state index contributed by atoms with van der Waals surface area (Å²) in [5, 5.41) is 24.8. The number of hydrogen-bond acceptors (Lipinski definition) is 9. The van der Waals surface area contributed by atoms with Crippen molar-refractivity contribution in [3.63, 3.8) is 0 Å². The van der Waals surface area contributed by atoms with E-state index in [4.69, 9.17) is 9.47 Å². The number of anilines is 1. The van der Waals surface area contributed by atoms with E-state index in [1.165, 1.54) is 13.4 Å². The average Bonchev–Trinajstić information content (AvgIpc) is 3.33. The molecule has 0 aromatic carbocycles. The van der Waals surface area contributed by atoms with Gasteiger partial charge in [-0.2, -0.15) is 4.98 Å². The van der Waals surface area contributed by atoms with Gasteiger partial charge in [0.05, 0.1) is 13.2 Å². The van der Waals surface area contributed by atoms with Crippen molar-refractivity contribution < 1.29 is 24.1 Å². The lowest BCUT2D eigenvalue weighted by molar-refractivity contribution is -0.0137. The Morgan fingerprint density at radius 2 is 1.97 bits per heavy atom. The molecule has 0 amide bonds. The number of aliphatic hydroxyl groups is 2. The molecule has 2 aromatic rings. The van der Waals surface area contributed by atoms with Crippen molar-refractivity contribution in [1.82, 2.24) is 20.3 Å². The largest absolute Gasteiger partial charge is 0.479 e. The minimum absolute atomic E-state index is 0.124. The number of aromatic nitrogens is 3. The Kier molecular flexibility index (Phi) is 5.15. The van der Waals surface area contributed by atoms with Crippen LogP contribution in [0.3, 0.4) is 0 Å². The fourth-order valence-electron chi connectivity index (χ4n) is 4.93. The zero-order valence-corrected chi connectivity index (χ0v) is 17.5. The van der Waals surface area contributed by atoms with Gasteiger partial charge in [-0.1, -0.05) is 0 Å². The third kappa shape index (κ3) is 3.29. The van der Waals surface area contributed by atoms with Gasteiger partial charge >= 0.3 is 0 Å². The van der Waals surface area contributed by atoms with Gasteiger partial charge < -0.3 is 29.9 Å². The highest BCUT2D eigenvalue weighted by molar-refractivity contribution is 5.54. The van der Waals surface area contributed by atoms with Crippen molar-refractivity contribution in [2.45, 2.75) is 57.1 Å². The van der Waals surface area contributed by atoms with Crippen molar-refractivity contribution in [3.8, 4) is 11.8 Å². The highest BCUT2D eigenvalue weighted by Gasteiger charge is 2.48. The molecule has 1 saturated carbocycles. The summed E-state index contributed by atoms with van der Waals surface area (Å²) in [6.45, 7) is 3.71. The number of ether oxygens (including phenoxy) is 2. The maximum atomic E-state index is 14.6. The Morgan fingerprint density at radius 1 is 1.13 bits per heavy atom. The second-order valence-electron chi connectivity index (χ2n) is 8.27. The lowest BCUT2D eigenvalue weighted by Gasteiger charge is -2.28. The minimum atomic E-state index is -1.11. The number of halogens is 1. The lowest BCUT2D eigenvalue weighted by atomic mass is 10.0. The van der Waals surface area contributed by atoms with Gasteiger partial charge in [0.25, 0.3) is 5.88 Å². The third-order valence-corrected chi connectivity index (χ3v) is 6.60. The van der Waals surface area contributed by atoms with Crippen LogP contribution in [0.4, 0.5) is 10.2 Å².